The van der Waals surface area contributed by atoms with Gasteiger partial charge in [-0.05, 0) is 35.9 Å². The largest absolute Gasteiger partial charge is 0.494 e. The highest BCUT2D eigenvalue weighted by molar-refractivity contribution is 7.91. The molecule has 0 aliphatic rings. The summed E-state index contributed by atoms with van der Waals surface area (Å²) in [6.07, 6.45) is 0. The van der Waals surface area contributed by atoms with Gasteiger partial charge in [0.25, 0.3) is 5.56 Å². The van der Waals surface area contributed by atoms with Gasteiger partial charge in [-0.25, -0.2) is 13.1 Å². The van der Waals surface area contributed by atoms with Crippen LogP contribution < -0.4 is 19.8 Å². The Balaban J connectivity index is 1.76. The van der Waals surface area contributed by atoms with Crippen LogP contribution in [-0.2, 0) is 22.8 Å². The van der Waals surface area contributed by atoms with E-state index < -0.39 is 10.0 Å². The van der Waals surface area contributed by atoms with Gasteiger partial charge in [-0.1, -0.05) is 48.5 Å². The van der Waals surface area contributed by atoms with Crippen molar-refractivity contribution in [1.29, 1.82) is 0 Å². The van der Waals surface area contributed by atoms with Crippen molar-refractivity contribution in [2.75, 3.05) is 11.8 Å². The second-order valence-electron chi connectivity index (χ2n) is 7.50. The number of methoxy groups -OCH3 is 1. The molecule has 0 bridgehead atoms. The highest BCUT2D eigenvalue weighted by Gasteiger charge is 2.19. The second-order valence-corrected chi connectivity index (χ2v) is 9.22. The molecule has 9 heteroatoms. The van der Waals surface area contributed by atoms with Crippen LogP contribution in [-0.4, -0.2) is 25.3 Å². The highest BCUT2D eigenvalue weighted by atomic mass is 32.2. The van der Waals surface area contributed by atoms with Crippen molar-refractivity contribution in [2.45, 2.75) is 5.75 Å². The molecule has 0 aliphatic carbocycles. The number of aromatic nitrogens is 2. The third-order valence-corrected chi connectivity index (χ3v) is 6.22. The Morgan fingerprint density at radius 3 is 2.26 bits per heavy atom. The van der Waals surface area contributed by atoms with Gasteiger partial charge in [0.1, 0.15) is 17.2 Å². The zero-order chi connectivity index (χ0) is 24.1. The molecule has 0 spiro atoms. The summed E-state index contributed by atoms with van der Waals surface area (Å²) in [7, 11) is -0.729. The summed E-state index contributed by atoms with van der Waals surface area (Å²) in [6, 6.07) is 24.2. The van der Waals surface area contributed by atoms with Crippen LogP contribution in [0.4, 0.5) is 5.69 Å². The number of rotatable bonds is 8. The molecule has 3 aromatic carbocycles. The second kappa shape index (κ2) is 9.80. The van der Waals surface area contributed by atoms with Crippen LogP contribution in [0.2, 0.25) is 0 Å². The number of anilines is 1. The molecule has 8 nitrogen and oxygen atoms in total. The van der Waals surface area contributed by atoms with Crippen LogP contribution in [0.5, 0.6) is 17.2 Å². The van der Waals surface area contributed by atoms with Gasteiger partial charge in [0.2, 0.25) is 10.0 Å². The maximum absolute atomic E-state index is 12.8. The van der Waals surface area contributed by atoms with E-state index in [9.17, 15) is 13.2 Å². The number of hydrogen-bond donors (Lipinski definition) is 1. The van der Waals surface area contributed by atoms with Crippen molar-refractivity contribution in [3.63, 3.8) is 0 Å². The first-order chi connectivity index (χ1) is 16.3. The minimum absolute atomic E-state index is 0.174. The third kappa shape index (κ3) is 5.44. The number of sulfonamides is 1. The summed E-state index contributed by atoms with van der Waals surface area (Å²) >= 11 is 0. The summed E-state index contributed by atoms with van der Waals surface area (Å²) < 4.78 is 40.8. The summed E-state index contributed by atoms with van der Waals surface area (Å²) in [5.74, 6) is 1.07. The van der Waals surface area contributed by atoms with E-state index in [1.807, 2.05) is 24.3 Å². The van der Waals surface area contributed by atoms with E-state index in [1.54, 1.807) is 54.6 Å². The van der Waals surface area contributed by atoms with Gasteiger partial charge in [0.15, 0.2) is 5.75 Å². The fraction of sp³-hybridized carbons (Fsp3) is 0.120. The number of para-hydroxylation sites is 1. The van der Waals surface area contributed by atoms with Gasteiger partial charge in [-0.2, -0.15) is 5.10 Å². The lowest BCUT2D eigenvalue weighted by Gasteiger charge is -2.16. The lowest BCUT2D eigenvalue weighted by Crippen LogP contribution is -2.19. The molecule has 0 fully saturated rings. The fourth-order valence-corrected chi connectivity index (χ4v) is 4.55. The van der Waals surface area contributed by atoms with E-state index in [1.165, 1.54) is 24.9 Å². The molecule has 174 valence electrons. The number of nitrogens with one attached hydrogen (secondary N) is 1. The van der Waals surface area contributed by atoms with Gasteiger partial charge in [-0.3, -0.25) is 9.52 Å². The number of benzene rings is 3. The summed E-state index contributed by atoms with van der Waals surface area (Å²) in [4.78, 5) is 12.1. The van der Waals surface area contributed by atoms with Crippen LogP contribution >= 0.6 is 0 Å². The van der Waals surface area contributed by atoms with Crippen molar-refractivity contribution < 1.29 is 17.9 Å². The van der Waals surface area contributed by atoms with Crippen LogP contribution in [0.3, 0.4) is 0 Å². The zero-order valence-electron chi connectivity index (χ0n) is 18.6. The van der Waals surface area contributed by atoms with Gasteiger partial charge < -0.3 is 9.47 Å². The zero-order valence-corrected chi connectivity index (χ0v) is 19.5. The van der Waals surface area contributed by atoms with Crippen LogP contribution in [0.25, 0.3) is 11.3 Å². The molecule has 1 N–H and O–H groups in total. The standard InChI is InChI=1S/C25H23N3O5S/c1-28-24(29)16-23(32-2)25(26-28)21-15-19(13-14-22(21)33-20-11-7-4-8-12-20)27-34(30,31)17-18-9-5-3-6-10-18/h3-16,27H,17H2,1-2H3. The van der Waals surface area contributed by atoms with Crippen LogP contribution in [0.15, 0.2) is 89.7 Å². The molecular weight excluding hydrogens is 454 g/mol. The van der Waals surface area contributed by atoms with E-state index in [0.29, 0.717) is 34.0 Å². The van der Waals surface area contributed by atoms with Gasteiger partial charge in [-0.15, -0.1) is 0 Å². The molecule has 0 radical (unpaired) electrons. The molecule has 34 heavy (non-hydrogen) atoms. The van der Waals surface area contributed by atoms with E-state index in [2.05, 4.69) is 9.82 Å². The number of ether oxygens (including phenoxy) is 2. The first kappa shape index (κ1) is 23.1. The molecule has 4 rings (SSSR count). The van der Waals surface area contributed by atoms with E-state index in [0.717, 1.165) is 0 Å². The molecule has 0 aliphatic heterocycles. The van der Waals surface area contributed by atoms with E-state index in [4.69, 9.17) is 9.47 Å². The smallest absolute Gasteiger partial charge is 0.270 e. The number of nitrogens with zero attached hydrogens (tertiary/aromatic N) is 2. The van der Waals surface area contributed by atoms with Gasteiger partial charge in [0.05, 0.1) is 18.4 Å². The Morgan fingerprint density at radius 2 is 1.59 bits per heavy atom. The minimum Gasteiger partial charge on any atom is -0.494 e. The predicted octanol–water partition coefficient (Wildman–Crippen LogP) is 4.19. The fourth-order valence-electron chi connectivity index (χ4n) is 3.36. The molecule has 0 unspecified atom stereocenters. The van der Waals surface area contributed by atoms with Crippen molar-refractivity contribution in [2.24, 2.45) is 7.05 Å². The molecule has 0 saturated heterocycles. The normalized spacial score (nSPS) is 11.1. The topological polar surface area (TPSA) is 99.5 Å². The lowest BCUT2D eigenvalue weighted by molar-refractivity contribution is 0.409. The highest BCUT2D eigenvalue weighted by Crippen LogP contribution is 2.38. The van der Waals surface area contributed by atoms with Crippen molar-refractivity contribution in [3.05, 3.63) is 101 Å². The molecular formula is C25H23N3O5S. The number of aryl methyl sites for hydroxylation is 1. The van der Waals surface area contributed by atoms with Gasteiger partial charge >= 0.3 is 0 Å². The van der Waals surface area contributed by atoms with Crippen molar-refractivity contribution in [3.8, 4) is 28.5 Å². The monoisotopic (exact) mass is 477 g/mol. The van der Waals surface area contributed by atoms with Crippen molar-refractivity contribution in [1.82, 2.24) is 9.78 Å². The van der Waals surface area contributed by atoms with E-state index >= 15 is 0 Å². The van der Waals surface area contributed by atoms with Crippen molar-refractivity contribution >= 4 is 15.7 Å². The first-order valence-electron chi connectivity index (χ1n) is 10.4. The Labute approximate surface area is 197 Å². The molecule has 0 amide bonds. The molecule has 1 aromatic heterocycles. The average Bonchev–Trinajstić information content (AvgIpc) is 2.82. The third-order valence-electron chi connectivity index (χ3n) is 4.96. The SMILES string of the molecule is COc1cc(=O)n(C)nc1-c1cc(NS(=O)(=O)Cc2ccccc2)ccc1Oc1ccccc1. The lowest BCUT2D eigenvalue weighted by atomic mass is 10.1. The van der Waals surface area contributed by atoms with E-state index in [-0.39, 0.29) is 17.1 Å². The Kier molecular flexibility index (Phi) is 6.65. The quantitative estimate of drug-likeness (QED) is 0.409. The molecule has 0 atom stereocenters. The summed E-state index contributed by atoms with van der Waals surface area (Å²) in [5.41, 5.74) is 1.44. The molecule has 1 heterocycles. The Bertz CT molecular complexity index is 1450. The molecule has 4 aromatic rings. The van der Waals surface area contributed by atoms with Crippen LogP contribution in [0, 0.1) is 0 Å². The average molecular weight is 478 g/mol. The maximum atomic E-state index is 12.8. The van der Waals surface area contributed by atoms with Gasteiger partial charge in [0, 0.05) is 18.8 Å². The summed E-state index contributed by atoms with van der Waals surface area (Å²) in [5, 5.41) is 4.34. The first-order valence-corrected chi connectivity index (χ1v) is 12.0. The maximum Gasteiger partial charge on any atom is 0.270 e. The number of hydrogen-bond acceptors (Lipinski definition) is 6. The minimum atomic E-state index is -3.69. The van der Waals surface area contributed by atoms with Crippen LogP contribution in [0.1, 0.15) is 5.56 Å². The Hall–Kier alpha value is -4.11. The Morgan fingerprint density at radius 1 is 0.912 bits per heavy atom. The summed E-state index contributed by atoms with van der Waals surface area (Å²) in [6.45, 7) is 0. The molecule has 0 saturated carbocycles. The predicted molar refractivity (Wildman–Crippen MR) is 131 cm³/mol.